The molecule has 0 spiro atoms. The number of hydrogen-bond acceptors (Lipinski definition) is 2. The first-order valence-corrected chi connectivity index (χ1v) is 5.83. The van der Waals surface area contributed by atoms with E-state index in [0.717, 1.165) is 6.42 Å². The number of phenolic OH excluding ortho intramolecular Hbond substituents is 1. The summed E-state index contributed by atoms with van der Waals surface area (Å²) in [6, 6.07) is 6.82. The SMILES string of the molecule is CCC(CCl)NC(=O)Cc1ccccc1O. The number of hydrogen-bond donors (Lipinski definition) is 2. The van der Waals surface area contributed by atoms with Gasteiger partial charge in [-0.1, -0.05) is 25.1 Å². The summed E-state index contributed by atoms with van der Waals surface area (Å²) >= 11 is 5.68. The fraction of sp³-hybridized carbons (Fsp3) is 0.417. The van der Waals surface area contributed by atoms with Crippen molar-refractivity contribution in [1.82, 2.24) is 5.32 Å². The van der Waals surface area contributed by atoms with Crippen molar-refractivity contribution in [2.45, 2.75) is 25.8 Å². The summed E-state index contributed by atoms with van der Waals surface area (Å²) in [5, 5.41) is 12.3. The fourth-order valence-electron chi connectivity index (χ4n) is 1.36. The van der Waals surface area contributed by atoms with Crippen molar-refractivity contribution in [3.05, 3.63) is 29.8 Å². The van der Waals surface area contributed by atoms with E-state index in [9.17, 15) is 9.90 Å². The highest BCUT2D eigenvalue weighted by molar-refractivity contribution is 6.18. The van der Waals surface area contributed by atoms with Crippen molar-refractivity contribution in [2.75, 3.05) is 5.88 Å². The molecule has 1 atom stereocenters. The number of phenols is 1. The van der Waals surface area contributed by atoms with Gasteiger partial charge in [-0.25, -0.2) is 0 Å². The van der Waals surface area contributed by atoms with E-state index < -0.39 is 0 Å². The van der Waals surface area contributed by atoms with Crippen LogP contribution < -0.4 is 5.32 Å². The van der Waals surface area contributed by atoms with Gasteiger partial charge in [0.2, 0.25) is 5.91 Å². The lowest BCUT2D eigenvalue weighted by Crippen LogP contribution is -2.36. The summed E-state index contributed by atoms with van der Waals surface area (Å²) in [7, 11) is 0. The predicted octanol–water partition coefficient (Wildman–Crippen LogP) is 2.07. The van der Waals surface area contributed by atoms with Gasteiger partial charge in [-0.3, -0.25) is 4.79 Å². The van der Waals surface area contributed by atoms with Gasteiger partial charge in [0, 0.05) is 17.5 Å². The molecule has 0 radical (unpaired) electrons. The van der Waals surface area contributed by atoms with Crippen LogP contribution in [0, 0.1) is 0 Å². The molecule has 3 nitrogen and oxygen atoms in total. The third-order valence-corrected chi connectivity index (χ3v) is 2.76. The second kappa shape index (κ2) is 6.38. The van der Waals surface area contributed by atoms with E-state index in [4.69, 9.17) is 11.6 Å². The maximum absolute atomic E-state index is 11.6. The van der Waals surface area contributed by atoms with Gasteiger partial charge < -0.3 is 10.4 Å². The van der Waals surface area contributed by atoms with Gasteiger partial charge in [-0.15, -0.1) is 11.6 Å². The molecule has 4 heteroatoms. The summed E-state index contributed by atoms with van der Waals surface area (Å²) in [6.45, 7) is 1.97. The molecule has 0 aliphatic heterocycles. The number of nitrogens with one attached hydrogen (secondary N) is 1. The van der Waals surface area contributed by atoms with Crippen LogP contribution >= 0.6 is 11.6 Å². The number of para-hydroxylation sites is 1. The van der Waals surface area contributed by atoms with E-state index in [2.05, 4.69) is 5.32 Å². The van der Waals surface area contributed by atoms with E-state index in [0.29, 0.717) is 11.4 Å². The normalized spacial score (nSPS) is 12.1. The Morgan fingerprint density at radius 1 is 1.50 bits per heavy atom. The minimum absolute atomic E-state index is 0.0000202. The van der Waals surface area contributed by atoms with Gasteiger partial charge in [0.1, 0.15) is 5.75 Å². The van der Waals surface area contributed by atoms with Crippen LogP contribution in [0.4, 0.5) is 0 Å². The molecular formula is C12H16ClNO2. The number of aromatic hydroxyl groups is 1. The van der Waals surface area contributed by atoms with Gasteiger partial charge >= 0.3 is 0 Å². The lowest BCUT2D eigenvalue weighted by Gasteiger charge is -2.13. The van der Waals surface area contributed by atoms with Gasteiger partial charge in [0.25, 0.3) is 0 Å². The fourth-order valence-corrected chi connectivity index (χ4v) is 1.66. The molecule has 0 bridgehead atoms. The Kier molecular flexibility index (Phi) is 5.12. The number of carbonyl (C=O) groups excluding carboxylic acids is 1. The Bertz CT molecular complexity index is 351. The smallest absolute Gasteiger partial charge is 0.224 e. The molecule has 1 aromatic rings. The number of halogens is 1. The molecule has 16 heavy (non-hydrogen) atoms. The average Bonchev–Trinajstić information content (AvgIpc) is 2.29. The molecule has 0 fully saturated rings. The summed E-state index contributed by atoms with van der Waals surface area (Å²) in [5.41, 5.74) is 0.629. The van der Waals surface area contributed by atoms with Crippen LogP contribution in [0.2, 0.25) is 0 Å². The third kappa shape index (κ3) is 3.74. The summed E-state index contributed by atoms with van der Waals surface area (Å²) in [6.07, 6.45) is 0.982. The average molecular weight is 242 g/mol. The van der Waals surface area contributed by atoms with Crippen molar-refractivity contribution in [1.29, 1.82) is 0 Å². The first-order chi connectivity index (χ1) is 7.67. The highest BCUT2D eigenvalue weighted by atomic mass is 35.5. The van der Waals surface area contributed by atoms with Crippen LogP contribution in [0.25, 0.3) is 0 Å². The first kappa shape index (κ1) is 12.8. The monoisotopic (exact) mass is 241 g/mol. The lowest BCUT2D eigenvalue weighted by molar-refractivity contribution is -0.121. The van der Waals surface area contributed by atoms with Crippen molar-refractivity contribution >= 4 is 17.5 Å². The molecule has 0 saturated heterocycles. The lowest BCUT2D eigenvalue weighted by atomic mass is 10.1. The Labute approximate surface area is 100 Å². The molecule has 0 heterocycles. The number of amides is 1. The number of alkyl halides is 1. The topological polar surface area (TPSA) is 49.3 Å². The molecular weight excluding hydrogens is 226 g/mol. The minimum atomic E-state index is -0.117. The Hall–Kier alpha value is -1.22. The zero-order valence-corrected chi connectivity index (χ0v) is 10.00. The molecule has 1 amide bonds. The van der Waals surface area contributed by atoms with E-state index in [1.54, 1.807) is 24.3 Å². The van der Waals surface area contributed by atoms with Gasteiger partial charge in [0.15, 0.2) is 0 Å². The molecule has 0 aromatic heterocycles. The van der Waals surface area contributed by atoms with Crippen LogP contribution in [-0.4, -0.2) is 22.9 Å². The molecule has 0 aliphatic carbocycles. The first-order valence-electron chi connectivity index (χ1n) is 5.29. The van der Waals surface area contributed by atoms with Crippen molar-refractivity contribution in [3.8, 4) is 5.75 Å². The van der Waals surface area contributed by atoms with Gasteiger partial charge in [-0.05, 0) is 12.5 Å². The Morgan fingerprint density at radius 2 is 2.19 bits per heavy atom. The molecule has 0 saturated carbocycles. The van der Waals surface area contributed by atoms with E-state index in [1.807, 2.05) is 6.92 Å². The van der Waals surface area contributed by atoms with Crippen LogP contribution in [-0.2, 0) is 11.2 Å². The standard InChI is InChI=1S/C12H16ClNO2/c1-2-10(8-13)14-12(16)7-9-5-3-4-6-11(9)15/h3-6,10,15H,2,7-8H2,1H3,(H,14,16). The molecule has 1 unspecified atom stereocenters. The molecule has 1 rings (SSSR count). The highest BCUT2D eigenvalue weighted by Gasteiger charge is 2.11. The number of rotatable bonds is 5. The quantitative estimate of drug-likeness (QED) is 0.776. The minimum Gasteiger partial charge on any atom is -0.508 e. The maximum atomic E-state index is 11.6. The molecule has 2 N–H and O–H groups in total. The van der Waals surface area contributed by atoms with Crippen molar-refractivity contribution in [3.63, 3.8) is 0 Å². The van der Waals surface area contributed by atoms with E-state index in [1.165, 1.54) is 0 Å². The zero-order valence-electron chi connectivity index (χ0n) is 9.24. The molecule has 0 aliphatic rings. The van der Waals surface area contributed by atoms with E-state index >= 15 is 0 Å². The van der Waals surface area contributed by atoms with E-state index in [-0.39, 0.29) is 24.1 Å². The zero-order chi connectivity index (χ0) is 12.0. The summed E-state index contributed by atoms with van der Waals surface area (Å²) in [4.78, 5) is 11.6. The maximum Gasteiger partial charge on any atom is 0.224 e. The third-order valence-electron chi connectivity index (χ3n) is 2.39. The van der Waals surface area contributed by atoms with Gasteiger partial charge in [0.05, 0.1) is 6.42 Å². The van der Waals surface area contributed by atoms with Crippen molar-refractivity contribution in [2.24, 2.45) is 0 Å². The Morgan fingerprint density at radius 3 is 2.75 bits per heavy atom. The van der Waals surface area contributed by atoms with Crippen LogP contribution in [0.3, 0.4) is 0 Å². The summed E-state index contributed by atoms with van der Waals surface area (Å²) in [5.74, 6) is 0.439. The second-order valence-electron chi connectivity index (χ2n) is 3.63. The van der Waals surface area contributed by atoms with Crippen LogP contribution in [0.5, 0.6) is 5.75 Å². The summed E-state index contributed by atoms with van der Waals surface area (Å²) < 4.78 is 0. The number of carbonyl (C=O) groups is 1. The van der Waals surface area contributed by atoms with Crippen molar-refractivity contribution < 1.29 is 9.90 Å². The van der Waals surface area contributed by atoms with Crippen LogP contribution in [0.15, 0.2) is 24.3 Å². The predicted molar refractivity (Wildman–Crippen MR) is 64.8 cm³/mol. The second-order valence-corrected chi connectivity index (χ2v) is 3.94. The number of benzene rings is 1. The van der Waals surface area contributed by atoms with Gasteiger partial charge in [-0.2, -0.15) is 0 Å². The molecule has 88 valence electrons. The Balaban J connectivity index is 2.55. The highest BCUT2D eigenvalue weighted by Crippen LogP contribution is 2.15. The van der Waals surface area contributed by atoms with Crippen LogP contribution in [0.1, 0.15) is 18.9 Å². The molecule has 1 aromatic carbocycles. The largest absolute Gasteiger partial charge is 0.508 e.